The summed E-state index contributed by atoms with van der Waals surface area (Å²) in [6.45, 7) is 7.07. The second-order valence-electron chi connectivity index (χ2n) is 5.81. The van der Waals surface area contributed by atoms with Gasteiger partial charge in [0.1, 0.15) is 5.75 Å². The SMILES string of the molecule is Cn1cc(Oc2ccc(Cl)cc2CNC(C)(C)C)cn1. The largest absolute Gasteiger partial charge is 0.454 e. The first kappa shape index (κ1) is 14.9. The van der Waals surface area contributed by atoms with E-state index < -0.39 is 0 Å². The summed E-state index contributed by atoms with van der Waals surface area (Å²) >= 11 is 6.07. The van der Waals surface area contributed by atoms with E-state index in [2.05, 4.69) is 31.2 Å². The molecule has 5 heteroatoms. The molecular formula is C15H20ClN3O. The van der Waals surface area contributed by atoms with Gasteiger partial charge in [0.25, 0.3) is 0 Å². The Morgan fingerprint density at radius 2 is 2.10 bits per heavy atom. The lowest BCUT2D eigenvalue weighted by molar-refractivity contribution is 0.414. The number of hydrogen-bond acceptors (Lipinski definition) is 3. The Morgan fingerprint density at radius 1 is 1.35 bits per heavy atom. The van der Waals surface area contributed by atoms with Crippen LogP contribution in [0.1, 0.15) is 26.3 Å². The lowest BCUT2D eigenvalue weighted by atomic mass is 10.1. The van der Waals surface area contributed by atoms with E-state index in [4.69, 9.17) is 16.3 Å². The number of ether oxygens (including phenoxy) is 1. The first-order valence-corrected chi connectivity index (χ1v) is 6.91. The summed E-state index contributed by atoms with van der Waals surface area (Å²) in [5, 5.41) is 8.24. The molecule has 0 spiro atoms. The van der Waals surface area contributed by atoms with Gasteiger partial charge >= 0.3 is 0 Å². The van der Waals surface area contributed by atoms with Gasteiger partial charge in [-0.2, -0.15) is 5.10 Å². The van der Waals surface area contributed by atoms with E-state index in [-0.39, 0.29) is 5.54 Å². The summed E-state index contributed by atoms with van der Waals surface area (Å²) in [5.41, 5.74) is 1.06. The van der Waals surface area contributed by atoms with Crippen molar-refractivity contribution >= 4 is 11.6 Å². The fourth-order valence-corrected chi connectivity index (χ4v) is 1.92. The molecule has 0 fully saturated rings. The van der Waals surface area contributed by atoms with Crippen LogP contribution in [-0.4, -0.2) is 15.3 Å². The van der Waals surface area contributed by atoms with Crippen molar-refractivity contribution in [2.75, 3.05) is 0 Å². The van der Waals surface area contributed by atoms with E-state index in [1.165, 1.54) is 0 Å². The van der Waals surface area contributed by atoms with Crippen LogP contribution in [0.2, 0.25) is 5.02 Å². The van der Waals surface area contributed by atoms with Crippen molar-refractivity contribution in [3.8, 4) is 11.5 Å². The predicted molar refractivity (Wildman–Crippen MR) is 81.3 cm³/mol. The molecule has 108 valence electrons. The van der Waals surface area contributed by atoms with Gasteiger partial charge in [-0.15, -0.1) is 0 Å². The van der Waals surface area contributed by atoms with Crippen LogP contribution in [-0.2, 0) is 13.6 Å². The zero-order valence-corrected chi connectivity index (χ0v) is 13.0. The van der Waals surface area contributed by atoms with Crippen molar-refractivity contribution in [2.24, 2.45) is 7.05 Å². The minimum atomic E-state index is 0.0356. The molecule has 0 unspecified atom stereocenters. The number of aryl methyl sites for hydroxylation is 1. The van der Waals surface area contributed by atoms with E-state index in [0.29, 0.717) is 17.3 Å². The maximum absolute atomic E-state index is 6.07. The zero-order chi connectivity index (χ0) is 14.8. The average Bonchev–Trinajstić information content (AvgIpc) is 2.74. The molecule has 1 heterocycles. The third-order valence-electron chi connectivity index (χ3n) is 2.74. The first-order chi connectivity index (χ1) is 9.33. The molecular weight excluding hydrogens is 274 g/mol. The van der Waals surface area contributed by atoms with Gasteiger partial charge in [0.15, 0.2) is 5.75 Å². The van der Waals surface area contributed by atoms with Crippen molar-refractivity contribution in [2.45, 2.75) is 32.9 Å². The second-order valence-corrected chi connectivity index (χ2v) is 6.24. The van der Waals surface area contributed by atoms with E-state index in [1.807, 2.05) is 31.4 Å². The van der Waals surface area contributed by atoms with Crippen LogP contribution in [0.15, 0.2) is 30.6 Å². The Labute approximate surface area is 124 Å². The monoisotopic (exact) mass is 293 g/mol. The number of benzene rings is 1. The molecule has 0 aliphatic rings. The molecule has 2 rings (SSSR count). The van der Waals surface area contributed by atoms with Gasteiger partial charge in [-0.05, 0) is 39.0 Å². The Hall–Kier alpha value is -1.52. The molecule has 1 aromatic carbocycles. The topological polar surface area (TPSA) is 39.1 Å². The fraction of sp³-hybridized carbons (Fsp3) is 0.400. The third kappa shape index (κ3) is 4.25. The number of aromatic nitrogens is 2. The van der Waals surface area contributed by atoms with Crippen LogP contribution < -0.4 is 10.1 Å². The number of rotatable bonds is 4. The summed E-state index contributed by atoms with van der Waals surface area (Å²) in [4.78, 5) is 0. The number of nitrogens with one attached hydrogen (secondary N) is 1. The molecule has 1 N–H and O–H groups in total. The second kappa shape index (κ2) is 5.85. The van der Waals surface area contributed by atoms with Gasteiger partial charge in [0.2, 0.25) is 0 Å². The Balaban J connectivity index is 2.19. The number of hydrogen-bond donors (Lipinski definition) is 1. The average molecular weight is 294 g/mol. The summed E-state index contributed by atoms with van der Waals surface area (Å²) < 4.78 is 7.58. The molecule has 1 aromatic heterocycles. The minimum absolute atomic E-state index is 0.0356. The lowest BCUT2D eigenvalue weighted by Crippen LogP contribution is -2.35. The Kier molecular flexibility index (Phi) is 4.35. The highest BCUT2D eigenvalue weighted by Crippen LogP contribution is 2.28. The molecule has 0 aliphatic heterocycles. The molecule has 0 radical (unpaired) electrons. The van der Waals surface area contributed by atoms with Crippen LogP contribution in [0.3, 0.4) is 0 Å². The van der Waals surface area contributed by atoms with Gasteiger partial charge < -0.3 is 10.1 Å². The summed E-state index contributed by atoms with van der Waals surface area (Å²) in [6, 6.07) is 5.63. The van der Waals surface area contributed by atoms with Crippen molar-refractivity contribution in [3.63, 3.8) is 0 Å². The number of nitrogens with zero attached hydrogens (tertiary/aromatic N) is 2. The summed E-state index contributed by atoms with van der Waals surface area (Å²) in [5.74, 6) is 1.51. The predicted octanol–water partition coefficient (Wildman–Crippen LogP) is 3.75. The third-order valence-corrected chi connectivity index (χ3v) is 2.98. The highest BCUT2D eigenvalue weighted by Gasteiger charge is 2.12. The van der Waals surface area contributed by atoms with Gasteiger partial charge in [-0.25, -0.2) is 0 Å². The van der Waals surface area contributed by atoms with Gasteiger partial charge in [0, 0.05) is 29.7 Å². The van der Waals surface area contributed by atoms with Gasteiger partial charge in [-0.1, -0.05) is 11.6 Å². The van der Waals surface area contributed by atoms with E-state index >= 15 is 0 Å². The quantitative estimate of drug-likeness (QED) is 0.933. The van der Waals surface area contributed by atoms with Crippen LogP contribution in [0, 0.1) is 0 Å². The molecule has 0 saturated carbocycles. The van der Waals surface area contributed by atoms with Crippen LogP contribution in [0.25, 0.3) is 0 Å². The van der Waals surface area contributed by atoms with Crippen LogP contribution in [0.5, 0.6) is 11.5 Å². The maximum atomic E-state index is 6.07. The molecule has 0 atom stereocenters. The highest BCUT2D eigenvalue weighted by molar-refractivity contribution is 6.30. The summed E-state index contributed by atoms with van der Waals surface area (Å²) in [6.07, 6.45) is 3.52. The van der Waals surface area contributed by atoms with Crippen molar-refractivity contribution < 1.29 is 4.74 Å². The van der Waals surface area contributed by atoms with Gasteiger partial charge in [-0.3, -0.25) is 4.68 Å². The van der Waals surface area contributed by atoms with E-state index in [0.717, 1.165) is 11.3 Å². The van der Waals surface area contributed by atoms with Crippen molar-refractivity contribution in [1.82, 2.24) is 15.1 Å². The standard InChI is InChI=1S/C15H20ClN3O/c1-15(2,3)17-8-11-7-12(16)5-6-14(11)20-13-9-18-19(4)10-13/h5-7,9-10,17H,8H2,1-4H3. The summed E-state index contributed by atoms with van der Waals surface area (Å²) in [7, 11) is 1.86. The normalized spacial score (nSPS) is 11.7. The molecule has 0 bridgehead atoms. The fourth-order valence-electron chi connectivity index (χ4n) is 1.72. The van der Waals surface area contributed by atoms with Gasteiger partial charge in [0.05, 0.1) is 12.4 Å². The van der Waals surface area contributed by atoms with Crippen LogP contribution >= 0.6 is 11.6 Å². The maximum Gasteiger partial charge on any atom is 0.165 e. The molecule has 0 saturated heterocycles. The number of halogens is 1. The zero-order valence-electron chi connectivity index (χ0n) is 12.3. The lowest BCUT2D eigenvalue weighted by Gasteiger charge is -2.21. The smallest absolute Gasteiger partial charge is 0.165 e. The van der Waals surface area contributed by atoms with Crippen molar-refractivity contribution in [3.05, 3.63) is 41.2 Å². The van der Waals surface area contributed by atoms with Crippen molar-refractivity contribution in [1.29, 1.82) is 0 Å². The Bertz CT molecular complexity index is 587. The van der Waals surface area contributed by atoms with Crippen LogP contribution in [0.4, 0.5) is 0 Å². The molecule has 0 aliphatic carbocycles. The highest BCUT2D eigenvalue weighted by atomic mass is 35.5. The molecule has 20 heavy (non-hydrogen) atoms. The minimum Gasteiger partial charge on any atom is -0.454 e. The van der Waals surface area contributed by atoms with E-state index in [1.54, 1.807) is 10.9 Å². The molecule has 2 aromatic rings. The molecule has 0 amide bonds. The first-order valence-electron chi connectivity index (χ1n) is 6.53. The van der Waals surface area contributed by atoms with E-state index in [9.17, 15) is 0 Å². The Morgan fingerprint density at radius 3 is 2.70 bits per heavy atom. The molecule has 4 nitrogen and oxygen atoms in total.